The molecule has 0 saturated heterocycles. The molecule has 0 aliphatic heterocycles. The van der Waals surface area contributed by atoms with Gasteiger partial charge in [-0.15, -0.1) is 0 Å². The van der Waals surface area contributed by atoms with Crippen LogP contribution in [0.1, 0.15) is 27.2 Å². The van der Waals surface area contributed by atoms with Crippen molar-refractivity contribution in [2.75, 3.05) is 0 Å². The van der Waals surface area contributed by atoms with E-state index in [1.165, 1.54) is 20.8 Å². The number of alkyl halides is 9. The third kappa shape index (κ3) is 4.64. The standard InChI is InChI=1S/C11H13F9O3/c1-7(2,3)23-6(22)5(21)4-8(12,10(15,16)17)9(13,14)11(18,19)20/h5,21H,4H2,1-3H3. The maximum atomic E-state index is 13.7. The summed E-state index contributed by atoms with van der Waals surface area (Å²) in [5.74, 6) is -8.86. The van der Waals surface area contributed by atoms with E-state index in [0.29, 0.717) is 0 Å². The van der Waals surface area contributed by atoms with Crippen molar-refractivity contribution in [3.8, 4) is 0 Å². The molecule has 0 rings (SSSR count). The fourth-order valence-corrected chi connectivity index (χ4v) is 1.37. The maximum absolute atomic E-state index is 13.7. The van der Waals surface area contributed by atoms with E-state index in [1.54, 1.807) is 0 Å². The van der Waals surface area contributed by atoms with Gasteiger partial charge in [0.1, 0.15) is 5.60 Å². The van der Waals surface area contributed by atoms with Crippen molar-refractivity contribution in [1.82, 2.24) is 0 Å². The lowest BCUT2D eigenvalue weighted by molar-refractivity contribution is -0.386. The average molecular weight is 364 g/mol. The van der Waals surface area contributed by atoms with Crippen molar-refractivity contribution >= 4 is 5.97 Å². The molecule has 0 saturated carbocycles. The van der Waals surface area contributed by atoms with Crippen LogP contribution >= 0.6 is 0 Å². The van der Waals surface area contributed by atoms with E-state index in [2.05, 4.69) is 4.74 Å². The second kappa shape index (κ2) is 6.02. The summed E-state index contributed by atoms with van der Waals surface area (Å²) in [4.78, 5) is 11.2. The summed E-state index contributed by atoms with van der Waals surface area (Å²) >= 11 is 0. The number of rotatable bonds is 4. The molecule has 0 aliphatic carbocycles. The van der Waals surface area contributed by atoms with Crippen LogP contribution in [0.4, 0.5) is 39.5 Å². The molecule has 3 nitrogen and oxygen atoms in total. The van der Waals surface area contributed by atoms with Gasteiger partial charge in [0.15, 0.2) is 6.10 Å². The van der Waals surface area contributed by atoms with E-state index in [1.807, 2.05) is 0 Å². The monoisotopic (exact) mass is 364 g/mol. The highest BCUT2D eigenvalue weighted by atomic mass is 19.4. The van der Waals surface area contributed by atoms with Crippen LogP contribution in [-0.2, 0) is 9.53 Å². The highest BCUT2D eigenvalue weighted by Gasteiger charge is 2.81. The summed E-state index contributed by atoms with van der Waals surface area (Å²) in [7, 11) is 0. The first-order valence-electron chi connectivity index (χ1n) is 5.87. The molecule has 0 fully saturated rings. The molecule has 0 aliphatic rings. The Hall–Kier alpha value is -1.20. The van der Waals surface area contributed by atoms with Crippen molar-refractivity contribution in [3.63, 3.8) is 0 Å². The smallest absolute Gasteiger partial charge is 0.457 e. The minimum Gasteiger partial charge on any atom is -0.458 e. The predicted octanol–water partition coefficient (Wildman–Crippen LogP) is 3.55. The number of halogens is 9. The summed E-state index contributed by atoms with van der Waals surface area (Å²) in [6, 6.07) is 0. The second-order valence-corrected chi connectivity index (χ2v) is 5.62. The molecule has 2 atom stereocenters. The van der Waals surface area contributed by atoms with Crippen molar-refractivity contribution in [2.24, 2.45) is 0 Å². The molecule has 0 radical (unpaired) electrons. The Bertz CT molecular complexity index is 435. The SMILES string of the molecule is CC(C)(C)OC(=O)C(O)CC(F)(C(F)(F)F)C(F)(F)C(F)(F)F. The lowest BCUT2D eigenvalue weighted by Gasteiger charge is -2.36. The first kappa shape index (κ1) is 21.8. The van der Waals surface area contributed by atoms with E-state index in [4.69, 9.17) is 5.11 Å². The van der Waals surface area contributed by atoms with Crippen LogP contribution in [0.5, 0.6) is 0 Å². The largest absolute Gasteiger partial charge is 0.458 e. The Morgan fingerprint density at radius 3 is 1.57 bits per heavy atom. The molecule has 0 aromatic heterocycles. The van der Waals surface area contributed by atoms with Gasteiger partial charge in [-0.2, -0.15) is 35.1 Å². The fourth-order valence-electron chi connectivity index (χ4n) is 1.37. The van der Waals surface area contributed by atoms with Crippen molar-refractivity contribution in [1.29, 1.82) is 0 Å². The van der Waals surface area contributed by atoms with E-state index in [9.17, 15) is 44.3 Å². The summed E-state index contributed by atoms with van der Waals surface area (Å²) in [5, 5.41) is 9.09. The van der Waals surface area contributed by atoms with Crippen molar-refractivity contribution in [3.05, 3.63) is 0 Å². The molecule has 12 heteroatoms. The topological polar surface area (TPSA) is 46.5 Å². The van der Waals surface area contributed by atoms with Gasteiger partial charge in [-0.1, -0.05) is 0 Å². The fraction of sp³-hybridized carbons (Fsp3) is 0.909. The summed E-state index contributed by atoms with van der Waals surface area (Å²) in [5.41, 5.74) is -7.61. The number of aliphatic hydroxyl groups excluding tert-OH is 1. The van der Waals surface area contributed by atoms with Crippen LogP contribution in [0.3, 0.4) is 0 Å². The van der Waals surface area contributed by atoms with E-state index in [-0.39, 0.29) is 0 Å². The Balaban J connectivity index is 5.67. The number of hydrogen-bond acceptors (Lipinski definition) is 3. The van der Waals surface area contributed by atoms with E-state index >= 15 is 0 Å². The van der Waals surface area contributed by atoms with Crippen LogP contribution in [0, 0.1) is 0 Å². The Morgan fingerprint density at radius 2 is 1.30 bits per heavy atom. The molecule has 0 spiro atoms. The predicted molar refractivity (Wildman–Crippen MR) is 57.4 cm³/mol. The van der Waals surface area contributed by atoms with Gasteiger partial charge < -0.3 is 9.84 Å². The van der Waals surface area contributed by atoms with Gasteiger partial charge in [0.25, 0.3) is 5.67 Å². The van der Waals surface area contributed by atoms with E-state index in [0.717, 1.165) is 0 Å². The highest BCUT2D eigenvalue weighted by molar-refractivity contribution is 5.75. The summed E-state index contributed by atoms with van der Waals surface area (Å²) < 4.78 is 118. The maximum Gasteiger partial charge on any atom is 0.457 e. The lowest BCUT2D eigenvalue weighted by Crippen LogP contribution is -2.63. The first-order chi connectivity index (χ1) is 9.76. The van der Waals surface area contributed by atoms with E-state index < -0.39 is 48.0 Å². The number of esters is 1. The number of hydrogen-bond donors (Lipinski definition) is 1. The zero-order valence-electron chi connectivity index (χ0n) is 11.9. The molecular weight excluding hydrogens is 351 g/mol. The second-order valence-electron chi connectivity index (χ2n) is 5.62. The quantitative estimate of drug-likeness (QED) is 0.613. The lowest BCUT2D eigenvalue weighted by atomic mass is 9.89. The average Bonchev–Trinajstić information content (AvgIpc) is 2.22. The third-order valence-corrected chi connectivity index (χ3v) is 2.46. The van der Waals surface area contributed by atoms with Crippen LogP contribution in [0.15, 0.2) is 0 Å². The van der Waals surface area contributed by atoms with Gasteiger partial charge in [0, 0.05) is 6.42 Å². The van der Waals surface area contributed by atoms with Gasteiger partial charge in [-0.3, -0.25) is 0 Å². The van der Waals surface area contributed by atoms with Crippen LogP contribution in [-0.4, -0.2) is 46.7 Å². The summed E-state index contributed by atoms with van der Waals surface area (Å²) in [6.07, 6.45) is -19.7. The minimum atomic E-state index is -6.90. The molecule has 0 aromatic rings. The molecule has 0 bridgehead atoms. The van der Waals surface area contributed by atoms with Gasteiger partial charge in [-0.25, -0.2) is 9.18 Å². The molecule has 0 heterocycles. The number of ether oxygens (including phenoxy) is 1. The number of aliphatic hydroxyl groups is 1. The normalized spacial score (nSPS) is 18.3. The molecule has 1 N–H and O–H groups in total. The number of carbonyl (C=O) groups excluding carboxylic acids is 1. The molecule has 2 unspecified atom stereocenters. The Kier molecular flexibility index (Phi) is 5.71. The molecule has 138 valence electrons. The van der Waals surface area contributed by atoms with Crippen LogP contribution in [0.2, 0.25) is 0 Å². The zero-order valence-corrected chi connectivity index (χ0v) is 11.9. The molecule has 0 aromatic carbocycles. The van der Waals surface area contributed by atoms with Gasteiger partial charge >= 0.3 is 24.2 Å². The van der Waals surface area contributed by atoms with Crippen molar-refractivity contribution in [2.45, 2.75) is 62.8 Å². The Labute approximate surface area is 124 Å². The first-order valence-corrected chi connectivity index (χ1v) is 5.87. The molecular formula is C11H13F9O3. The van der Waals surface area contributed by atoms with Crippen LogP contribution in [0.25, 0.3) is 0 Å². The van der Waals surface area contributed by atoms with Gasteiger partial charge in [0.2, 0.25) is 0 Å². The number of carbonyl (C=O) groups is 1. The summed E-state index contributed by atoms with van der Waals surface area (Å²) in [6.45, 7) is 3.52. The van der Waals surface area contributed by atoms with Gasteiger partial charge in [-0.05, 0) is 20.8 Å². The van der Waals surface area contributed by atoms with Crippen LogP contribution < -0.4 is 0 Å². The molecule has 23 heavy (non-hydrogen) atoms. The minimum absolute atomic E-state index is 1.17. The Morgan fingerprint density at radius 1 is 0.913 bits per heavy atom. The zero-order chi connectivity index (χ0) is 19.1. The highest BCUT2D eigenvalue weighted by Crippen LogP contribution is 2.54. The van der Waals surface area contributed by atoms with Crippen molar-refractivity contribution < 1.29 is 54.2 Å². The third-order valence-electron chi connectivity index (χ3n) is 2.46. The molecule has 0 amide bonds. The van der Waals surface area contributed by atoms with Gasteiger partial charge in [0.05, 0.1) is 0 Å².